The highest BCUT2D eigenvalue weighted by molar-refractivity contribution is 7.80. The maximum absolute atomic E-state index is 5.95. The Labute approximate surface area is 198 Å². The first-order chi connectivity index (χ1) is 15.4. The normalized spacial score (nSPS) is 10.9. The molecule has 0 saturated heterocycles. The number of benzene rings is 2. The van der Waals surface area contributed by atoms with E-state index < -0.39 is 0 Å². The molecule has 4 rings (SSSR count). The van der Waals surface area contributed by atoms with Crippen molar-refractivity contribution in [2.75, 3.05) is 10.6 Å². The van der Waals surface area contributed by atoms with Crippen LogP contribution in [0.25, 0.3) is 0 Å². The molecule has 164 valence electrons. The second-order valence-electron chi connectivity index (χ2n) is 7.76. The molecule has 0 radical (unpaired) electrons. The number of aryl methyl sites for hydroxylation is 2. The molecule has 2 aromatic heterocycles. The first kappa shape index (κ1) is 22.0. The third-order valence-corrected chi connectivity index (χ3v) is 5.81. The minimum absolute atomic E-state index is 0.498. The van der Waals surface area contributed by atoms with Gasteiger partial charge in [0.15, 0.2) is 5.11 Å². The molecule has 0 spiro atoms. The van der Waals surface area contributed by atoms with Crippen LogP contribution in [0, 0.1) is 20.8 Å². The smallest absolute Gasteiger partial charge is 0.175 e. The molecule has 0 aliphatic heterocycles. The Morgan fingerprint density at radius 1 is 1.00 bits per heavy atom. The number of hydrogen-bond acceptors (Lipinski definition) is 3. The van der Waals surface area contributed by atoms with Crippen LogP contribution in [0.2, 0.25) is 5.02 Å². The van der Waals surface area contributed by atoms with Crippen molar-refractivity contribution in [2.45, 2.75) is 33.9 Å². The summed E-state index contributed by atoms with van der Waals surface area (Å²) in [6.07, 6.45) is 3.68. The first-order valence-electron chi connectivity index (χ1n) is 10.3. The molecule has 0 bridgehead atoms. The Morgan fingerprint density at radius 3 is 2.50 bits per heavy atom. The van der Waals surface area contributed by atoms with Crippen LogP contribution in [0.4, 0.5) is 11.4 Å². The average molecular weight is 465 g/mol. The van der Waals surface area contributed by atoms with Gasteiger partial charge in [-0.3, -0.25) is 9.36 Å². The van der Waals surface area contributed by atoms with Crippen LogP contribution >= 0.6 is 23.8 Å². The Hall–Kier alpha value is -3.16. The van der Waals surface area contributed by atoms with Gasteiger partial charge in [0.1, 0.15) is 0 Å². The molecule has 2 heterocycles. The van der Waals surface area contributed by atoms with Crippen LogP contribution in [-0.2, 0) is 13.1 Å². The van der Waals surface area contributed by atoms with Crippen molar-refractivity contribution in [1.29, 1.82) is 0 Å². The fourth-order valence-electron chi connectivity index (χ4n) is 3.55. The number of thiocarbonyl (C=S) groups is 1. The number of hydrogen-bond donors (Lipinski definition) is 2. The van der Waals surface area contributed by atoms with Crippen molar-refractivity contribution in [2.24, 2.45) is 0 Å². The predicted molar refractivity (Wildman–Crippen MR) is 135 cm³/mol. The molecule has 2 aromatic carbocycles. The summed E-state index contributed by atoms with van der Waals surface area (Å²) in [4.78, 5) is 0. The lowest BCUT2D eigenvalue weighted by atomic mass is 10.1. The number of rotatable bonds is 6. The van der Waals surface area contributed by atoms with Gasteiger partial charge in [-0.05, 0) is 61.8 Å². The molecular weight excluding hydrogens is 440 g/mol. The van der Waals surface area contributed by atoms with Gasteiger partial charge >= 0.3 is 0 Å². The zero-order valence-corrected chi connectivity index (χ0v) is 19.8. The summed E-state index contributed by atoms with van der Waals surface area (Å²) in [5, 5.41) is 16.8. The van der Waals surface area contributed by atoms with E-state index in [1.54, 1.807) is 6.20 Å². The number of aromatic nitrogens is 4. The Bertz CT molecular complexity index is 1240. The quantitative estimate of drug-likeness (QED) is 0.365. The maximum Gasteiger partial charge on any atom is 0.175 e. The van der Waals surface area contributed by atoms with E-state index >= 15 is 0 Å². The number of nitrogens with zero attached hydrogens (tertiary/aromatic N) is 4. The Balaban J connectivity index is 1.40. The predicted octanol–water partition coefficient (Wildman–Crippen LogP) is 5.56. The summed E-state index contributed by atoms with van der Waals surface area (Å²) in [7, 11) is 0. The van der Waals surface area contributed by atoms with Crippen LogP contribution in [0.1, 0.15) is 28.1 Å². The number of anilines is 2. The molecule has 0 aliphatic carbocycles. The minimum Gasteiger partial charge on any atom is -0.330 e. The lowest BCUT2D eigenvalue weighted by molar-refractivity contribution is 0.657. The van der Waals surface area contributed by atoms with Crippen LogP contribution < -0.4 is 10.6 Å². The van der Waals surface area contributed by atoms with E-state index in [9.17, 15) is 0 Å². The standard InChI is InChI=1S/C24H25ClN6S/c1-16-6-4-5-7-20(16)14-31-18(3)23(17(2)29-31)28-24(32)27-22-12-26-30(15-22)13-19-8-10-21(25)11-9-19/h4-12,15H,13-14H2,1-3H3,(H2,27,28,32). The van der Waals surface area contributed by atoms with Crippen LogP contribution in [-0.4, -0.2) is 24.7 Å². The minimum atomic E-state index is 0.498. The van der Waals surface area contributed by atoms with E-state index in [-0.39, 0.29) is 0 Å². The molecule has 8 heteroatoms. The third-order valence-electron chi connectivity index (χ3n) is 5.35. The molecular formula is C24H25ClN6S. The molecule has 6 nitrogen and oxygen atoms in total. The summed E-state index contributed by atoms with van der Waals surface area (Å²) in [5.41, 5.74) is 7.30. The van der Waals surface area contributed by atoms with Crippen molar-refractivity contribution in [3.63, 3.8) is 0 Å². The largest absolute Gasteiger partial charge is 0.330 e. The van der Waals surface area contributed by atoms with Crippen molar-refractivity contribution in [3.05, 3.63) is 94.0 Å². The molecule has 0 saturated carbocycles. The summed E-state index contributed by atoms with van der Waals surface area (Å²) >= 11 is 11.5. The average Bonchev–Trinajstić information content (AvgIpc) is 3.30. The first-order valence-corrected chi connectivity index (χ1v) is 11.1. The second-order valence-corrected chi connectivity index (χ2v) is 8.61. The summed E-state index contributed by atoms with van der Waals surface area (Å²) < 4.78 is 3.86. The molecule has 0 aliphatic rings. The van der Waals surface area contributed by atoms with E-state index in [2.05, 4.69) is 46.9 Å². The zero-order valence-electron chi connectivity index (χ0n) is 18.3. The Kier molecular flexibility index (Phi) is 6.58. The lowest BCUT2D eigenvalue weighted by Crippen LogP contribution is -2.19. The fourth-order valence-corrected chi connectivity index (χ4v) is 3.89. The monoisotopic (exact) mass is 464 g/mol. The Morgan fingerprint density at radius 2 is 1.75 bits per heavy atom. The van der Waals surface area contributed by atoms with Gasteiger partial charge in [-0.15, -0.1) is 0 Å². The van der Waals surface area contributed by atoms with Gasteiger partial charge in [0.25, 0.3) is 0 Å². The molecule has 0 amide bonds. The number of halogens is 1. The van der Waals surface area contributed by atoms with Gasteiger partial charge in [-0.2, -0.15) is 10.2 Å². The van der Waals surface area contributed by atoms with Gasteiger partial charge in [-0.1, -0.05) is 48.0 Å². The highest BCUT2D eigenvalue weighted by atomic mass is 35.5. The second kappa shape index (κ2) is 9.54. The van der Waals surface area contributed by atoms with Gasteiger partial charge in [0.2, 0.25) is 0 Å². The molecule has 0 fully saturated rings. The molecule has 0 unspecified atom stereocenters. The van der Waals surface area contributed by atoms with Gasteiger partial charge in [0.05, 0.1) is 42.0 Å². The van der Waals surface area contributed by atoms with Crippen molar-refractivity contribution >= 4 is 40.3 Å². The van der Waals surface area contributed by atoms with E-state index in [1.165, 1.54) is 11.1 Å². The molecule has 4 aromatic rings. The van der Waals surface area contributed by atoms with Crippen LogP contribution in [0.5, 0.6) is 0 Å². The van der Waals surface area contributed by atoms with Gasteiger partial charge in [0, 0.05) is 11.2 Å². The summed E-state index contributed by atoms with van der Waals surface area (Å²) in [6, 6.07) is 16.1. The zero-order chi connectivity index (χ0) is 22.7. The fraction of sp³-hybridized carbons (Fsp3) is 0.208. The van der Waals surface area contributed by atoms with E-state index in [1.807, 2.05) is 53.7 Å². The lowest BCUT2D eigenvalue weighted by Gasteiger charge is -2.11. The van der Waals surface area contributed by atoms with E-state index in [0.29, 0.717) is 11.7 Å². The van der Waals surface area contributed by atoms with Crippen molar-refractivity contribution < 1.29 is 0 Å². The summed E-state index contributed by atoms with van der Waals surface area (Å²) in [6.45, 7) is 7.53. The van der Waals surface area contributed by atoms with Gasteiger partial charge in [-0.25, -0.2) is 0 Å². The van der Waals surface area contributed by atoms with Crippen LogP contribution in [0.3, 0.4) is 0 Å². The number of nitrogens with one attached hydrogen (secondary N) is 2. The van der Waals surface area contributed by atoms with Crippen molar-refractivity contribution in [3.8, 4) is 0 Å². The molecule has 0 atom stereocenters. The topological polar surface area (TPSA) is 59.7 Å². The SMILES string of the molecule is Cc1ccccc1Cn1nc(C)c(NC(=S)Nc2cnn(Cc3ccc(Cl)cc3)c2)c1C. The molecule has 32 heavy (non-hydrogen) atoms. The van der Waals surface area contributed by atoms with Crippen molar-refractivity contribution in [1.82, 2.24) is 19.6 Å². The highest BCUT2D eigenvalue weighted by Crippen LogP contribution is 2.22. The van der Waals surface area contributed by atoms with E-state index in [4.69, 9.17) is 28.9 Å². The van der Waals surface area contributed by atoms with Crippen LogP contribution in [0.15, 0.2) is 60.9 Å². The third kappa shape index (κ3) is 5.18. The summed E-state index contributed by atoms with van der Waals surface area (Å²) in [5.74, 6) is 0. The highest BCUT2D eigenvalue weighted by Gasteiger charge is 2.14. The maximum atomic E-state index is 5.95. The van der Waals surface area contributed by atoms with E-state index in [0.717, 1.165) is 39.9 Å². The van der Waals surface area contributed by atoms with Gasteiger partial charge < -0.3 is 10.6 Å². The molecule has 2 N–H and O–H groups in total.